The van der Waals surface area contributed by atoms with E-state index in [0.717, 1.165) is 5.39 Å². The lowest BCUT2D eigenvalue weighted by molar-refractivity contribution is -0.119. The Morgan fingerprint density at radius 3 is 2.75 bits per heavy atom. The minimum Gasteiger partial charge on any atom is -0.383 e. The van der Waals surface area contributed by atoms with Gasteiger partial charge < -0.3 is 11.1 Å². The Hall–Kier alpha value is -4.37. The number of hydrogen-bond acceptors (Lipinski definition) is 6. The molecule has 1 aliphatic heterocycles. The minimum atomic E-state index is -1.10. The Balaban J connectivity index is 1.51. The average molecular weight is 500 g/mol. The highest BCUT2D eigenvalue weighted by Gasteiger charge is 2.47. The maximum Gasteiger partial charge on any atom is 0.255 e. The van der Waals surface area contributed by atoms with Crippen molar-refractivity contribution in [3.63, 3.8) is 0 Å². The van der Waals surface area contributed by atoms with Gasteiger partial charge in [-0.15, -0.1) is 0 Å². The summed E-state index contributed by atoms with van der Waals surface area (Å²) in [6.07, 6.45) is 3.51. The molecule has 0 radical (unpaired) electrons. The zero-order valence-electron chi connectivity index (χ0n) is 19.0. The van der Waals surface area contributed by atoms with Crippen molar-refractivity contribution in [1.82, 2.24) is 24.7 Å². The van der Waals surface area contributed by atoms with Crippen molar-refractivity contribution in [1.29, 1.82) is 0 Å². The van der Waals surface area contributed by atoms with E-state index in [1.807, 2.05) is 6.07 Å². The molecule has 0 saturated carbocycles. The number of anilines is 2. The van der Waals surface area contributed by atoms with Crippen LogP contribution in [0.1, 0.15) is 29.3 Å². The summed E-state index contributed by atoms with van der Waals surface area (Å²) in [6, 6.07) is 15.4. The Kier molecular flexibility index (Phi) is 4.97. The van der Waals surface area contributed by atoms with Crippen LogP contribution in [0.2, 0.25) is 5.02 Å². The number of carbonyl (C=O) groups is 1. The van der Waals surface area contributed by atoms with Crippen LogP contribution in [0, 0.1) is 5.82 Å². The summed E-state index contributed by atoms with van der Waals surface area (Å²) < 4.78 is 15.9. The molecule has 0 spiro atoms. The number of nitrogens with zero attached hydrogens (tertiary/aromatic N) is 5. The third-order valence-corrected chi connectivity index (χ3v) is 6.81. The van der Waals surface area contributed by atoms with Gasteiger partial charge in [0.1, 0.15) is 22.9 Å². The van der Waals surface area contributed by atoms with Gasteiger partial charge in [0.25, 0.3) is 5.95 Å². The molecule has 178 valence electrons. The van der Waals surface area contributed by atoms with Crippen LogP contribution in [-0.2, 0) is 16.6 Å². The first kappa shape index (κ1) is 22.1. The first-order valence-electron chi connectivity index (χ1n) is 11.2. The molecule has 1 aliphatic rings. The highest BCUT2D eigenvalue weighted by Crippen LogP contribution is 2.44. The average Bonchev–Trinajstić information content (AvgIpc) is 3.35. The molecule has 3 aromatic heterocycles. The second-order valence-corrected chi connectivity index (χ2v) is 9.18. The van der Waals surface area contributed by atoms with Gasteiger partial charge >= 0.3 is 0 Å². The fourth-order valence-corrected chi connectivity index (χ4v) is 4.85. The summed E-state index contributed by atoms with van der Waals surface area (Å²) >= 11 is 6.27. The van der Waals surface area contributed by atoms with E-state index >= 15 is 0 Å². The second kappa shape index (κ2) is 8.10. The lowest BCUT2D eigenvalue weighted by atomic mass is 9.78. The molecule has 1 unspecified atom stereocenters. The van der Waals surface area contributed by atoms with Crippen LogP contribution in [0.25, 0.3) is 16.9 Å². The summed E-state index contributed by atoms with van der Waals surface area (Å²) in [7, 11) is 0. The van der Waals surface area contributed by atoms with Gasteiger partial charge in [0.2, 0.25) is 5.91 Å². The number of halogens is 2. The monoisotopic (exact) mass is 499 g/mol. The molecule has 5 aromatic rings. The van der Waals surface area contributed by atoms with Gasteiger partial charge in [0, 0.05) is 29.2 Å². The lowest BCUT2D eigenvalue weighted by Gasteiger charge is -2.22. The van der Waals surface area contributed by atoms with E-state index < -0.39 is 5.41 Å². The number of aromatic nitrogens is 5. The number of rotatable bonds is 4. The third kappa shape index (κ3) is 3.31. The number of pyridine rings is 1. The van der Waals surface area contributed by atoms with Gasteiger partial charge in [-0.05, 0) is 48.4 Å². The maximum atomic E-state index is 14.4. The van der Waals surface area contributed by atoms with Gasteiger partial charge in [-0.1, -0.05) is 35.9 Å². The van der Waals surface area contributed by atoms with Crippen LogP contribution in [0.3, 0.4) is 0 Å². The summed E-state index contributed by atoms with van der Waals surface area (Å²) in [5, 5.41) is 8.80. The van der Waals surface area contributed by atoms with E-state index in [0.29, 0.717) is 38.7 Å². The number of nitrogens with one attached hydrogen (secondary N) is 1. The smallest absolute Gasteiger partial charge is 0.255 e. The van der Waals surface area contributed by atoms with E-state index in [9.17, 15) is 9.18 Å². The molecule has 8 nitrogen and oxygen atoms in total. The first-order valence-corrected chi connectivity index (χ1v) is 11.5. The standard InChI is InChI=1S/C26H19ClFN7O/c1-26(15-6-4-10-30-13-15)21-22(29)31-25(33-23(21)32-24(26)36)35-20-9-8-16(27)12-17(20)19(34-35)11-14-5-2-3-7-18(14)28/h2-10,12-13H,11H2,1H3,(H3,29,31,32,33,36). The number of fused-ring (bicyclic) bond motifs is 2. The quantitative estimate of drug-likeness (QED) is 0.378. The predicted octanol–water partition coefficient (Wildman–Crippen LogP) is 4.43. The SMILES string of the molecule is CC1(c2cccnc2)C(=O)Nc2nc(-n3nc(Cc4ccccc4F)c4cc(Cl)ccc43)nc(N)c21. The third-order valence-electron chi connectivity index (χ3n) is 6.57. The number of hydrogen-bond donors (Lipinski definition) is 2. The van der Waals surface area contributed by atoms with Crippen molar-refractivity contribution in [3.05, 3.63) is 100 Å². The Morgan fingerprint density at radius 2 is 1.97 bits per heavy atom. The molecule has 0 fully saturated rings. The van der Waals surface area contributed by atoms with Crippen LogP contribution in [-0.4, -0.2) is 30.6 Å². The number of benzene rings is 2. The molecule has 4 heterocycles. The normalized spacial score (nSPS) is 16.8. The van der Waals surface area contributed by atoms with Gasteiger partial charge in [-0.2, -0.15) is 19.7 Å². The van der Waals surface area contributed by atoms with Crippen molar-refractivity contribution in [2.24, 2.45) is 0 Å². The Bertz CT molecular complexity index is 1670. The fraction of sp³-hybridized carbons (Fsp3) is 0.115. The summed E-state index contributed by atoms with van der Waals surface area (Å²) in [5.41, 5.74) is 8.26. The molecule has 0 saturated heterocycles. The molecule has 0 bridgehead atoms. The van der Waals surface area contributed by atoms with Gasteiger partial charge in [0.15, 0.2) is 0 Å². The highest BCUT2D eigenvalue weighted by atomic mass is 35.5. The molecule has 36 heavy (non-hydrogen) atoms. The molecular formula is C26H19ClFN7O. The molecular weight excluding hydrogens is 481 g/mol. The highest BCUT2D eigenvalue weighted by molar-refractivity contribution is 6.31. The van der Waals surface area contributed by atoms with E-state index in [-0.39, 0.29) is 29.9 Å². The molecule has 3 N–H and O–H groups in total. The number of nitrogens with two attached hydrogens (primary N) is 1. The Morgan fingerprint density at radius 1 is 1.14 bits per heavy atom. The van der Waals surface area contributed by atoms with E-state index in [1.165, 1.54) is 10.7 Å². The Labute approximate surface area is 210 Å². The van der Waals surface area contributed by atoms with Crippen molar-refractivity contribution in [2.45, 2.75) is 18.8 Å². The maximum absolute atomic E-state index is 14.4. The molecule has 0 aliphatic carbocycles. The molecule has 1 amide bonds. The van der Waals surface area contributed by atoms with Crippen LogP contribution < -0.4 is 11.1 Å². The molecule has 10 heteroatoms. The van der Waals surface area contributed by atoms with Gasteiger partial charge in [-0.3, -0.25) is 9.78 Å². The zero-order valence-corrected chi connectivity index (χ0v) is 19.8. The minimum absolute atomic E-state index is 0.146. The van der Waals surface area contributed by atoms with Crippen molar-refractivity contribution < 1.29 is 9.18 Å². The van der Waals surface area contributed by atoms with E-state index in [1.54, 1.807) is 61.8 Å². The molecule has 6 rings (SSSR count). The van der Waals surface area contributed by atoms with Gasteiger partial charge in [-0.25, -0.2) is 4.39 Å². The molecule has 1 atom stereocenters. The van der Waals surface area contributed by atoms with Crippen molar-refractivity contribution in [2.75, 3.05) is 11.1 Å². The van der Waals surface area contributed by atoms with Gasteiger partial charge in [0.05, 0.1) is 16.8 Å². The predicted molar refractivity (Wildman–Crippen MR) is 135 cm³/mol. The number of amides is 1. The zero-order chi connectivity index (χ0) is 25.0. The van der Waals surface area contributed by atoms with Crippen molar-refractivity contribution >= 4 is 40.0 Å². The van der Waals surface area contributed by atoms with E-state index in [4.69, 9.17) is 22.4 Å². The lowest BCUT2D eigenvalue weighted by Crippen LogP contribution is -2.33. The summed E-state index contributed by atoms with van der Waals surface area (Å²) in [4.78, 5) is 26.4. The number of carbonyl (C=O) groups excluding carboxylic acids is 1. The largest absolute Gasteiger partial charge is 0.383 e. The van der Waals surface area contributed by atoms with E-state index in [2.05, 4.69) is 20.3 Å². The van der Waals surface area contributed by atoms with Crippen LogP contribution in [0.4, 0.5) is 16.0 Å². The van der Waals surface area contributed by atoms with Crippen molar-refractivity contribution in [3.8, 4) is 5.95 Å². The summed E-state index contributed by atoms with van der Waals surface area (Å²) in [5.74, 6) is 0.0304. The number of nitrogen functional groups attached to an aromatic ring is 1. The van der Waals surface area contributed by atoms with Crippen LogP contribution >= 0.6 is 11.6 Å². The van der Waals surface area contributed by atoms with Crippen LogP contribution in [0.15, 0.2) is 67.0 Å². The molecule has 2 aromatic carbocycles. The fourth-order valence-electron chi connectivity index (χ4n) is 4.68. The first-order chi connectivity index (χ1) is 17.4. The summed E-state index contributed by atoms with van der Waals surface area (Å²) in [6.45, 7) is 1.77. The topological polar surface area (TPSA) is 112 Å². The second-order valence-electron chi connectivity index (χ2n) is 8.74. The van der Waals surface area contributed by atoms with Crippen LogP contribution in [0.5, 0.6) is 0 Å².